The molecule has 0 unspecified atom stereocenters. The van der Waals surface area contributed by atoms with Gasteiger partial charge in [0, 0.05) is 36.1 Å². The zero-order valence-corrected chi connectivity index (χ0v) is 11.7. The number of aromatic nitrogens is 3. The molecular weight excluding hydrogens is 266 g/mol. The first-order valence-electron chi connectivity index (χ1n) is 6.71. The van der Waals surface area contributed by atoms with Crippen LogP contribution >= 0.6 is 0 Å². The van der Waals surface area contributed by atoms with E-state index < -0.39 is 0 Å². The van der Waals surface area contributed by atoms with Crippen LogP contribution in [-0.2, 0) is 16.1 Å². The molecule has 3 aromatic rings. The van der Waals surface area contributed by atoms with Crippen LogP contribution in [0.1, 0.15) is 6.42 Å². The minimum absolute atomic E-state index is 0.228. The summed E-state index contributed by atoms with van der Waals surface area (Å²) < 4.78 is 6.77. The molecule has 0 saturated heterocycles. The van der Waals surface area contributed by atoms with Gasteiger partial charge in [-0.05, 0) is 30.3 Å². The Balaban J connectivity index is 2.08. The van der Waals surface area contributed by atoms with Crippen LogP contribution in [0.5, 0.6) is 0 Å². The first kappa shape index (κ1) is 13.3. The van der Waals surface area contributed by atoms with E-state index in [0.717, 1.165) is 22.3 Å². The lowest BCUT2D eigenvalue weighted by molar-refractivity contribution is -0.140. The van der Waals surface area contributed by atoms with Gasteiger partial charge in [-0.15, -0.1) is 0 Å². The maximum Gasteiger partial charge on any atom is 0.307 e. The molecule has 0 spiro atoms. The van der Waals surface area contributed by atoms with E-state index in [1.54, 1.807) is 18.6 Å². The number of carbonyl (C=O) groups is 1. The summed E-state index contributed by atoms with van der Waals surface area (Å²) in [5.74, 6) is -0.228. The molecule has 3 aromatic heterocycles. The Morgan fingerprint density at radius 1 is 1.24 bits per heavy atom. The average Bonchev–Trinajstić information content (AvgIpc) is 2.92. The van der Waals surface area contributed by atoms with Gasteiger partial charge in [-0.3, -0.25) is 9.78 Å². The molecule has 0 atom stereocenters. The number of aryl methyl sites for hydroxylation is 1. The molecule has 0 saturated carbocycles. The van der Waals surface area contributed by atoms with Crippen molar-refractivity contribution in [2.24, 2.45) is 0 Å². The third-order valence-corrected chi connectivity index (χ3v) is 3.40. The maximum absolute atomic E-state index is 11.4. The number of hydrogen-bond acceptors (Lipinski definition) is 4. The van der Waals surface area contributed by atoms with Crippen LogP contribution in [0.2, 0.25) is 0 Å². The van der Waals surface area contributed by atoms with Crippen LogP contribution in [-0.4, -0.2) is 27.6 Å². The Morgan fingerprint density at radius 2 is 2.05 bits per heavy atom. The molecule has 0 aromatic carbocycles. The second-order valence-corrected chi connectivity index (χ2v) is 4.66. The van der Waals surface area contributed by atoms with Crippen LogP contribution in [0.15, 0.2) is 48.9 Å². The lowest BCUT2D eigenvalue weighted by Gasteiger charge is -2.09. The fourth-order valence-electron chi connectivity index (χ4n) is 2.38. The standard InChI is InChI=1S/C16H15N3O2/c1-21-15(20)6-10-19-14(12-4-8-17-9-5-12)11-13-3-2-7-18-16(13)19/h2-5,7-9,11H,6,10H2,1H3. The van der Waals surface area contributed by atoms with E-state index in [2.05, 4.69) is 16.0 Å². The molecule has 0 fully saturated rings. The Bertz CT molecular complexity index is 766. The van der Waals surface area contributed by atoms with Crippen molar-refractivity contribution in [2.45, 2.75) is 13.0 Å². The molecule has 3 rings (SSSR count). The normalized spacial score (nSPS) is 10.7. The van der Waals surface area contributed by atoms with Gasteiger partial charge in [0.15, 0.2) is 0 Å². The molecule has 0 aliphatic heterocycles. The number of pyridine rings is 2. The van der Waals surface area contributed by atoms with Crippen molar-refractivity contribution in [1.29, 1.82) is 0 Å². The first-order chi connectivity index (χ1) is 10.3. The average molecular weight is 281 g/mol. The van der Waals surface area contributed by atoms with E-state index in [0.29, 0.717) is 13.0 Å². The molecule has 3 heterocycles. The molecule has 21 heavy (non-hydrogen) atoms. The van der Waals surface area contributed by atoms with E-state index in [1.165, 1.54) is 7.11 Å². The minimum Gasteiger partial charge on any atom is -0.469 e. The predicted octanol–water partition coefficient (Wildman–Crippen LogP) is 2.66. The quantitative estimate of drug-likeness (QED) is 0.690. The SMILES string of the molecule is COC(=O)CCn1c(-c2ccncc2)cc2cccnc21. The lowest BCUT2D eigenvalue weighted by Crippen LogP contribution is -2.08. The van der Waals surface area contributed by atoms with Crippen molar-refractivity contribution < 1.29 is 9.53 Å². The van der Waals surface area contributed by atoms with Gasteiger partial charge < -0.3 is 9.30 Å². The number of fused-ring (bicyclic) bond motifs is 1. The number of esters is 1. The summed E-state index contributed by atoms with van der Waals surface area (Å²) in [6, 6.07) is 9.89. The molecule has 0 aliphatic carbocycles. The van der Waals surface area contributed by atoms with Crippen LogP contribution in [0.3, 0.4) is 0 Å². The highest BCUT2D eigenvalue weighted by molar-refractivity contribution is 5.84. The smallest absolute Gasteiger partial charge is 0.307 e. The summed E-state index contributed by atoms with van der Waals surface area (Å²) >= 11 is 0. The van der Waals surface area contributed by atoms with Gasteiger partial charge in [0.2, 0.25) is 0 Å². The molecular formula is C16H15N3O2. The van der Waals surface area contributed by atoms with Crippen LogP contribution < -0.4 is 0 Å². The summed E-state index contributed by atoms with van der Waals surface area (Å²) in [5.41, 5.74) is 2.94. The molecule has 5 nitrogen and oxygen atoms in total. The van der Waals surface area contributed by atoms with Gasteiger partial charge >= 0.3 is 5.97 Å². The maximum atomic E-state index is 11.4. The predicted molar refractivity (Wildman–Crippen MR) is 79.6 cm³/mol. The highest BCUT2D eigenvalue weighted by Gasteiger charge is 2.12. The van der Waals surface area contributed by atoms with Gasteiger partial charge in [0.1, 0.15) is 5.65 Å². The van der Waals surface area contributed by atoms with E-state index in [4.69, 9.17) is 4.74 Å². The van der Waals surface area contributed by atoms with Gasteiger partial charge in [-0.1, -0.05) is 0 Å². The van der Waals surface area contributed by atoms with Crippen LogP contribution in [0.4, 0.5) is 0 Å². The van der Waals surface area contributed by atoms with Gasteiger partial charge in [-0.25, -0.2) is 4.98 Å². The van der Waals surface area contributed by atoms with Crippen molar-refractivity contribution in [3.8, 4) is 11.3 Å². The molecule has 0 bridgehead atoms. The summed E-state index contributed by atoms with van der Waals surface area (Å²) in [5, 5.41) is 1.05. The fourth-order valence-corrected chi connectivity index (χ4v) is 2.38. The van der Waals surface area contributed by atoms with Crippen molar-refractivity contribution in [3.63, 3.8) is 0 Å². The number of carbonyl (C=O) groups excluding carboxylic acids is 1. The fraction of sp³-hybridized carbons (Fsp3) is 0.188. The number of methoxy groups -OCH3 is 1. The number of hydrogen-bond donors (Lipinski definition) is 0. The van der Waals surface area contributed by atoms with E-state index in [-0.39, 0.29) is 5.97 Å². The van der Waals surface area contributed by atoms with Gasteiger partial charge in [-0.2, -0.15) is 0 Å². The third kappa shape index (κ3) is 2.63. The van der Waals surface area contributed by atoms with E-state index >= 15 is 0 Å². The van der Waals surface area contributed by atoms with Crippen molar-refractivity contribution >= 4 is 17.0 Å². The van der Waals surface area contributed by atoms with Crippen molar-refractivity contribution in [2.75, 3.05) is 7.11 Å². The molecule has 5 heteroatoms. The second kappa shape index (κ2) is 5.75. The Labute approximate surface area is 122 Å². The van der Waals surface area contributed by atoms with E-state index in [9.17, 15) is 4.79 Å². The molecule has 106 valence electrons. The highest BCUT2D eigenvalue weighted by Crippen LogP contribution is 2.27. The number of rotatable bonds is 4. The highest BCUT2D eigenvalue weighted by atomic mass is 16.5. The monoisotopic (exact) mass is 281 g/mol. The Kier molecular flexibility index (Phi) is 3.64. The summed E-state index contributed by atoms with van der Waals surface area (Å²) in [4.78, 5) is 19.9. The zero-order chi connectivity index (χ0) is 14.7. The second-order valence-electron chi connectivity index (χ2n) is 4.66. The molecule has 0 radical (unpaired) electrons. The summed E-state index contributed by atoms with van der Waals surface area (Å²) in [6.45, 7) is 0.533. The minimum atomic E-state index is -0.228. The molecule has 0 N–H and O–H groups in total. The summed E-state index contributed by atoms with van der Waals surface area (Å²) in [6.07, 6.45) is 5.58. The first-order valence-corrected chi connectivity index (χ1v) is 6.71. The van der Waals surface area contributed by atoms with Crippen LogP contribution in [0, 0.1) is 0 Å². The Morgan fingerprint density at radius 3 is 2.81 bits per heavy atom. The topological polar surface area (TPSA) is 57.0 Å². The lowest BCUT2D eigenvalue weighted by atomic mass is 10.2. The van der Waals surface area contributed by atoms with Crippen LogP contribution in [0.25, 0.3) is 22.3 Å². The van der Waals surface area contributed by atoms with Gasteiger partial charge in [0.25, 0.3) is 0 Å². The third-order valence-electron chi connectivity index (χ3n) is 3.40. The van der Waals surface area contributed by atoms with E-state index in [1.807, 2.05) is 28.8 Å². The molecule has 0 aliphatic rings. The van der Waals surface area contributed by atoms with Gasteiger partial charge in [0.05, 0.1) is 19.2 Å². The summed E-state index contributed by atoms with van der Waals surface area (Å²) in [7, 11) is 1.40. The van der Waals surface area contributed by atoms with Crippen molar-refractivity contribution in [3.05, 3.63) is 48.9 Å². The largest absolute Gasteiger partial charge is 0.469 e. The molecule has 0 amide bonds. The van der Waals surface area contributed by atoms with Crippen molar-refractivity contribution in [1.82, 2.24) is 14.5 Å². The number of ether oxygens (including phenoxy) is 1. The number of nitrogens with zero attached hydrogens (tertiary/aromatic N) is 3. The Hall–Kier alpha value is -2.69. The zero-order valence-electron chi connectivity index (χ0n) is 11.7.